The number of aliphatic hydroxyl groups excluding tert-OH is 4. The molecule has 14 heteroatoms. The van der Waals surface area contributed by atoms with Crippen LogP contribution in [0.25, 0.3) is 0 Å². The van der Waals surface area contributed by atoms with Crippen LogP contribution in [0.2, 0.25) is 0 Å². The molecule has 0 aromatic carbocycles. The summed E-state index contributed by atoms with van der Waals surface area (Å²) in [4.78, 5) is 26.0. The summed E-state index contributed by atoms with van der Waals surface area (Å²) < 4.78 is 7.95. The predicted molar refractivity (Wildman–Crippen MR) is 235 cm³/mol. The second kappa shape index (κ2) is 26.4. The lowest BCUT2D eigenvalue weighted by molar-refractivity contribution is -0.138. The van der Waals surface area contributed by atoms with Crippen molar-refractivity contribution in [2.45, 2.75) is 140 Å². The third-order valence-electron chi connectivity index (χ3n) is 9.73. The van der Waals surface area contributed by atoms with Gasteiger partial charge < -0.3 is 35.4 Å². The average Bonchev–Trinajstić information content (AvgIpc) is 3.89. The number of aliphatic carboxylic acids is 2. The Balaban J connectivity index is 0.000000300. The first kappa shape index (κ1) is 48.6. The van der Waals surface area contributed by atoms with E-state index in [0.717, 1.165) is 47.5 Å². The van der Waals surface area contributed by atoms with E-state index in [1.54, 1.807) is 46.8 Å². The number of thioether (sulfide) groups is 1. The number of unbranched alkanes of at least 4 members (excludes halogenated alkanes) is 2. The fourth-order valence-electron chi connectivity index (χ4n) is 6.52. The molecule has 0 aliphatic heterocycles. The molecule has 312 valence electrons. The Morgan fingerprint density at radius 1 is 0.804 bits per heavy atom. The summed E-state index contributed by atoms with van der Waals surface area (Å²) in [5.74, 6) is -1.26. The van der Waals surface area contributed by atoms with Gasteiger partial charge in [0.2, 0.25) is 0 Å². The molecule has 6 N–H and O–H groups in total. The Kier molecular flexibility index (Phi) is 22.9. The lowest BCUT2D eigenvalue weighted by atomic mass is 10.0. The van der Waals surface area contributed by atoms with Gasteiger partial charge in [-0.15, -0.1) is 34.4 Å². The van der Waals surface area contributed by atoms with Crippen LogP contribution < -0.4 is 0 Å². The van der Waals surface area contributed by atoms with Crippen LogP contribution in [-0.2, 0) is 27.2 Å². The number of carboxylic acids is 2. The molecular weight excluding hydrogens is 904 g/mol. The lowest BCUT2D eigenvalue weighted by Gasteiger charge is -2.19. The van der Waals surface area contributed by atoms with Crippen molar-refractivity contribution in [2.75, 3.05) is 0 Å². The number of carboxylic acid groups (broad SMARTS) is 2. The lowest BCUT2D eigenvalue weighted by Crippen LogP contribution is -2.26. The molecule has 2 unspecified atom stereocenters. The van der Waals surface area contributed by atoms with E-state index in [-0.39, 0.29) is 42.1 Å². The molecule has 0 spiro atoms. The zero-order chi connectivity index (χ0) is 41.0. The number of hydrogen-bond donors (Lipinski definition) is 6. The number of hydrogen-bond acceptors (Lipinski definition) is 10. The van der Waals surface area contributed by atoms with E-state index in [9.17, 15) is 30.0 Å². The fourth-order valence-corrected chi connectivity index (χ4v) is 10.9. The minimum atomic E-state index is -0.800. The van der Waals surface area contributed by atoms with Crippen LogP contribution >= 0.6 is 66.3 Å². The standard InChI is InChI=1S/C21H29BrO5S.C21H29BrO4S2/c2*1-14-18(22)13-17(28-14)10-9-16(23)8-6-15-7-11-19(24)21(15)27-12-4-2-3-5-20(25)26/h2*4,6,8,12-13,15-16,19,21,23-24H,2-3,5,7,9-11H2,1H3,(H,25,26)/b2*8-6+,12-4-/t2*15-,16+,19?,21+/m00/s1. The summed E-state index contributed by atoms with van der Waals surface area (Å²) in [6, 6.07) is 4.23. The van der Waals surface area contributed by atoms with E-state index in [0.29, 0.717) is 38.5 Å². The van der Waals surface area contributed by atoms with E-state index in [4.69, 9.17) is 14.9 Å². The summed E-state index contributed by atoms with van der Waals surface area (Å²) >= 11 is 12.2. The van der Waals surface area contributed by atoms with Crippen LogP contribution in [0.15, 0.2) is 69.2 Å². The van der Waals surface area contributed by atoms with Gasteiger partial charge in [0, 0.05) is 52.5 Å². The van der Waals surface area contributed by atoms with E-state index in [2.05, 4.69) is 63.9 Å². The van der Waals surface area contributed by atoms with Crippen molar-refractivity contribution in [1.29, 1.82) is 0 Å². The van der Waals surface area contributed by atoms with Gasteiger partial charge in [-0.1, -0.05) is 30.4 Å². The number of aliphatic hydroxyl groups is 4. The number of carbonyl (C=O) groups is 2. The number of aryl methyl sites for hydroxylation is 4. The number of rotatable bonds is 22. The second-order valence-electron chi connectivity index (χ2n) is 14.3. The number of allylic oxidation sites excluding steroid dienone is 3. The van der Waals surface area contributed by atoms with Crippen molar-refractivity contribution in [3.05, 3.63) is 88.7 Å². The van der Waals surface area contributed by atoms with Gasteiger partial charge in [0.25, 0.3) is 0 Å². The summed E-state index contributed by atoms with van der Waals surface area (Å²) in [5, 5.41) is 60.3. The van der Waals surface area contributed by atoms with Crippen LogP contribution in [-0.4, -0.2) is 78.3 Å². The normalized spacial score (nSPS) is 23.7. The quantitative estimate of drug-likeness (QED) is 0.0380. The molecule has 2 aromatic heterocycles. The largest absolute Gasteiger partial charge is 0.495 e. The van der Waals surface area contributed by atoms with Crippen LogP contribution in [0.5, 0.6) is 0 Å². The minimum Gasteiger partial charge on any atom is -0.495 e. The summed E-state index contributed by atoms with van der Waals surface area (Å²) in [5.41, 5.74) is 0. The van der Waals surface area contributed by atoms with Crippen LogP contribution in [0.4, 0.5) is 0 Å². The van der Waals surface area contributed by atoms with Crippen molar-refractivity contribution < 1.29 is 45.0 Å². The molecule has 9 nitrogen and oxygen atoms in total. The average molecular weight is 963 g/mol. The molecule has 2 aliphatic rings. The molecule has 2 saturated carbocycles. The van der Waals surface area contributed by atoms with Gasteiger partial charge in [0.1, 0.15) is 6.10 Å². The number of halogens is 2. The zero-order valence-corrected chi connectivity index (χ0v) is 37.8. The molecule has 2 aliphatic carbocycles. The maximum Gasteiger partial charge on any atom is 0.303 e. The van der Waals surface area contributed by atoms with E-state index >= 15 is 0 Å². The van der Waals surface area contributed by atoms with Crippen molar-refractivity contribution >= 4 is 78.2 Å². The molecule has 0 saturated heterocycles. The van der Waals surface area contributed by atoms with Crippen molar-refractivity contribution in [3.63, 3.8) is 0 Å². The van der Waals surface area contributed by atoms with Gasteiger partial charge >= 0.3 is 11.9 Å². The SMILES string of the molecule is Cc1sc(CC[C@H](O)/C=C/[C@H]2CCC(O)[C@@H]2O/C=C\CCCC(=O)O)cc1Br.Cc1sc(CC[C@H](O)/C=C/[C@H]2CCC(O)[C@@H]2S/C=C\CCCC(=O)O)cc1Br. The first-order valence-electron chi connectivity index (χ1n) is 19.4. The highest BCUT2D eigenvalue weighted by Crippen LogP contribution is 2.37. The summed E-state index contributed by atoms with van der Waals surface area (Å²) in [7, 11) is 0. The second-order valence-corrected chi connectivity index (χ2v) is 19.8. The van der Waals surface area contributed by atoms with Gasteiger partial charge in [-0.25, -0.2) is 0 Å². The summed E-state index contributed by atoms with van der Waals surface area (Å²) in [6.45, 7) is 4.15. The highest BCUT2D eigenvalue weighted by Gasteiger charge is 2.35. The Hall–Kier alpha value is -1.75. The van der Waals surface area contributed by atoms with Crippen LogP contribution in [0, 0.1) is 25.7 Å². The van der Waals surface area contributed by atoms with Crippen molar-refractivity contribution in [1.82, 2.24) is 0 Å². The third-order valence-corrected chi connectivity index (χ3v) is 15.5. The molecule has 0 amide bonds. The zero-order valence-electron chi connectivity index (χ0n) is 32.2. The van der Waals surface area contributed by atoms with Gasteiger partial charge in [0.15, 0.2) is 0 Å². The smallest absolute Gasteiger partial charge is 0.303 e. The minimum absolute atomic E-state index is 0.0615. The molecule has 2 aromatic rings. The Labute approximate surface area is 360 Å². The Bertz CT molecular complexity index is 1450. The summed E-state index contributed by atoms with van der Waals surface area (Å²) in [6.07, 6.45) is 20.0. The maximum absolute atomic E-state index is 10.5. The van der Waals surface area contributed by atoms with Gasteiger partial charge in [-0.3, -0.25) is 9.59 Å². The van der Waals surface area contributed by atoms with Gasteiger partial charge in [-0.2, -0.15) is 0 Å². The topological polar surface area (TPSA) is 165 Å². The van der Waals surface area contributed by atoms with Crippen LogP contribution in [0.1, 0.15) is 96.6 Å². The molecular formula is C42H58Br2O9S3. The number of thiophene rings is 2. The van der Waals surface area contributed by atoms with E-state index in [1.807, 2.05) is 29.7 Å². The molecule has 56 heavy (non-hydrogen) atoms. The monoisotopic (exact) mass is 960 g/mol. The highest BCUT2D eigenvalue weighted by atomic mass is 79.9. The third kappa shape index (κ3) is 18.4. The Morgan fingerprint density at radius 3 is 1.82 bits per heavy atom. The van der Waals surface area contributed by atoms with Gasteiger partial charge in [-0.05, 0) is 152 Å². The van der Waals surface area contributed by atoms with Crippen molar-refractivity contribution in [3.8, 4) is 0 Å². The van der Waals surface area contributed by atoms with Gasteiger partial charge in [0.05, 0.1) is 30.7 Å². The Morgan fingerprint density at radius 2 is 1.30 bits per heavy atom. The molecule has 2 heterocycles. The van der Waals surface area contributed by atoms with Crippen LogP contribution in [0.3, 0.4) is 0 Å². The van der Waals surface area contributed by atoms with E-state index < -0.39 is 30.3 Å². The predicted octanol–water partition coefficient (Wildman–Crippen LogP) is 9.90. The molecule has 4 rings (SSSR count). The first-order valence-corrected chi connectivity index (χ1v) is 23.5. The molecule has 2 fully saturated rings. The highest BCUT2D eigenvalue weighted by molar-refractivity contribution is 9.10. The molecule has 0 bridgehead atoms. The maximum atomic E-state index is 10.5. The fraction of sp³-hybridized carbons (Fsp3) is 0.571. The van der Waals surface area contributed by atoms with Crippen molar-refractivity contribution in [2.24, 2.45) is 11.8 Å². The molecule has 0 radical (unpaired) electrons. The van der Waals surface area contributed by atoms with E-state index in [1.165, 1.54) is 19.5 Å². The number of ether oxygens (including phenoxy) is 1. The first-order chi connectivity index (χ1) is 26.7. The molecule has 8 atom stereocenters.